The van der Waals surface area contributed by atoms with Gasteiger partial charge >= 0.3 is 5.97 Å². The van der Waals surface area contributed by atoms with Gasteiger partial charge in [-0.2, -0.15) is 0 Å². The van der Waals surface area contributed by atoms with Gasteiger partial charge in [-0.1, -0.05) is 36.9 Å². The van der Waals surface area contributed by atoms with Gasteiger partial charge in [0.05, 0.1) is 14.1 Å². The van der Waals surface area contributed by atoms with Crippen molar-refractivity contribution in [1.82, 2.24) is 0 Å². The third-order valence-corrected chi connectivity index (χ3v) is 2.87. The summed E-state index contributed by atoms with van der Waals surface area (Å²) in [4.78, 5) is 11.2. The average Bonchev–Trinajstić information content (AvgIpc) is 2.29. The number of esters is 1. The van der Waals surface area contributed by atoms with Gasteiger partial charge in [0.2, 0.25) is 6.23 Å². The molecule has 18 heavy (non-hydrogen) atoms. The lowest BCUT2D eigenvalue weighted by Crippen LogP contribution is -3.00. The Labute approximate surface area is 126 Å². The first-order chi connectivity index (χ1) is 7.95. The van der Waals surface area contributed by atoms with Gasteiger partial charge in [0.1, 0.15) is 6.54 Å². The van der Waals surface area contributed by atoms with Gasteiger partial charge in [-0.05, 0) is 0 Å². The molecule has 0 saturated heterocycles. The second-order valence-electron chi connectivity index (χ2n) is 4.66. The normalized spacial score (nSPS) is 12.2. The van der Waals surface area contributed by atoms with Crippen LogP contribution in [0.2, 0.25) is 0 Å². The van der Waals surface area contributed by atoms with Crippen molar-refractivity contribution in [1.29, 1.82) is 0 Å². The number of quaternary nitrogens is 1. The van der Waals surface area contributed by atoms with E-state index in [4.69, 9.17) is 4.74 Å². The van der Waals surface area contributed by atoms with Crippen molar-refractivity contribution in [2.45, 2.75) is 19.7 Å². The van der Waals surface area contributed by atoms with E-state index < -0.39 is 0 Å². The Morgan fingerprint density at radius 1 is 1.39 bits per heavy atom. The fourth-order valence-electron chi connectivity index (χ4n) is 1.54. The van der Waals surface area contributed by atoms with Crippen LogP contribution >= 0.6 is 0 Å². The quantitative estimate of drug-likeness (QED) is 0.229. The number of rotatable bonds is 5. The summed E-state index contributed by atoms with van der Waals surface area (Å²) < 4.78 is 5.84. The molecule has 1 atom stereocenters. The number of carbonyl (C=O) groups is 1. The van der Waals surface area contributed by atoms with E-state index in [0.717, 1.165) is 6.54 Å². The van der Waals surface area contributed by atoms with Crippen LogP contribution in [0.1, 0.15) is 12.5 Å². The maximum absolute atomic E-state index is 11.2. The van der Waals surface area contributed by atoms with Crippen molar-refractivity contribution in [3.8, 4) is 0 Å². The predicted molar refractivity (Wildman–Crippen MR) is 68.0 cm³/mol. The molecule has 1 aromatic rings. The fraction of sp³-hybridized carbons (Fsp3) is 0.357. The van der Waals surface area contributed by atoms with Crippen LogP contribution in [-0.4, -0.2) is 30.8 Å². The third-order valence-electron chi connectivity index (χ3n) is 2.87. The second kappa shape index (κ2) is 7.53. The average molecular weight is 361 g/mol. The number of halogens is 1. The lowest BCUT2D eigenvalue weighted by atomic mass is 10.2. The zero-order valence-electron chi connectivity index (χ0n) is 11.1. The number of carbonyl (C=O) groups excluding carboxylic acids is 1. The Balaban J connectivity index is 0.00000289. The van der Waals surface area contributed by atoms with E-state index in [9.17, 15) is 4.79 Å². The van der Waals surface area contributed by atoms with Crippen LogP contribution in [0.3, 0.4) is 0 Å². The molecule has 0 radical (unpaired) electrons. The predicted octanol–water partition coefficient (Wildman–Crippen LogP) is -0.658. The lowest BCUT2D eigenvalue weighted by molar-refractivity contribution is -0.945. The Bertz CT molecular complexity index is 390. The number of nitrogens with zero attached hydrogens (tertiary/aromatic N) is 1. The van der Waals surface area contributed by atoms with E-state index in [2.05, 4.69) is 18.7 Å². The minimum absolute atomic E-state index is 0. The van der Waals surface area contributed by atoms with Gasteiger partial charge in [0, 0.05) is 18.6 Å². The largest absolute Gasteiger partial charge is 1.00 e. The summed E-state index contributed by atoms with van der Waals surface area (Å²) in [6.07, 6.45) is 0.986. The molecule has 0 aromatic heterocycles. The van der Waals surface area contributed by atoms with Crippen molar-refractivity contribution in [3.05, 3.63) is 48.6 Å². The molecular weight excluding hydrogens is 341 g/mol. The molecule has 100 valence electrons. The van der Waals surface area contributed by atoms with E-state index in [1.54, 1.807) is 0 Å². The molecule has 0 bridgehead atoms. The lowest BCUT2D eigenvalue weighted by Gasteiger charge is -2.34. The van der Waals surface area contributed by atoms with Crippen molar-refractivity contribution in [2.75, 3.05) is 14.1 Å². The van der Waals surface area contributed by atoms with Crippen LogP contribution in [0.25, 0.3) is 0 Å². The molecule has 1 unspecified atom stereocenters. The van der Waals surface area contributed by atoms with E-state index >= 15 is 0 Å². The Morgan fingerprint density at radius 2 is 1.94 bits per heavy atom. The van der Waals surface area contributed by atoms with Gasteiger partial charge < -0.3 is 28.7 Å². The van der Waals surface area contributed by atoms with E-state index in [-0.39, 0.29) is 36.2 Å². The number of benzene rings is 1. The SMILES string of the molecule is C=CC(=O)OC(C)[N+](C)(C)Cc1ccccc1.[I-]. The van der Waals surface area contributed by atoms with Gasteiger partial charge in [-0.3, -0.25) is 4.48 Å². The smallest absolute Gasteiger partial charge is 0.334 e. The van der Waals surface area contributed by atoms with Crippen LogP contribution in [-0.2, 0) is 16.1 Å². The molecule has 4 heteroatoms. The summed E-state index contributed by atoms with van der Waals surface area (Å²) in [5, 5.41) is 0. The maximum atomic E-state index is 11.2. The minimum Gasteiger partial charge on any atom is -1.00 e. The Kier molecular flexibility index (Phi) is 7.16. The summed E-state index contributed by atoms with van der Waals surface area (Å²) in [6, 6.07) is 10.2. The topological polar surface area (TPSA) is 26.3 Å². The van der Waals surface area contributed by atoms with Crippen molar-refractivity contribution >= 4 is 5.97 Å². The zero-order valence-corrected chi connectivity index (χ0v) is 13.3. The standard InChI is InChI=1S/C14H20NO2.HI/c1-5-14(16)17-12(2)15(3,4)11-13-9-7-6-8-10-13;/h5-10,12H,1,11H2,2-4H3;1H/q+1;/p-1. The highest BCUT2D eigenvalue weighted by Crippen LogP contribution is 2.14. The van der Waals surface area contributed by atoms with Crippen molar-refractivity contribution in [3.63, 3.8) is 0 Å². The van der Waals surface area contributed by atoms with Gasteiger partial charge in [-0.15, -0.1) is 0 Å². The van der Waals surface area contributed by atoms with Crippen LogP contribution in [0.15, 0.2) is 43.0 Å². The molecule has 0 aliphatic rings. The maximum Gasteiger partial charge on any atom is 0.334 e. The molecule has 0 spiro atoms. The zero-order chi connectivity index (χ0) is 12.9. The molecule has 0 heterocycles. The van der Waals surface area contributed by atoms with Crippen molar-refractivity contribution < 1.29 is 38.0 Å². The summed E-state index contributed by atoms with van der Waals surface area (Å²) >= 11 is 0. The van der Waals surface area contributed by atoms with Crippen molar-refractivity contribution in [2.24, 2.45) is 0 Å². The summed E-state index contributed by atoms with van der Waals surface area (Å²) in [5.74, 6) is -0.378. The molecule has 0 aliphatic heterocycles. The fourth-order valence-corrected chi connectivity index (χ4v) is 1.54. The van der Waals surface area contributed by atoms with E-state index in [0.29, 0.717) is 4.48 Å². The first kappa shape index (κ1) is 17.1. The third kappa shape index (κ3) is 5.18. The van der Waals surface area contributed by atoms with Crippen LogP contribution < -0.4 is 24.0 Å². The van der Waals surface area contributed by atoms with Gasteiger partial charge in [-0.25, -0.2) is 4.79 Å². The van der Waals surface area contributed by atoms with Gasteiger partial charge in [0.25, 0.3) is 0 Å². The van der Waals surface area contributed by atoms with Gasteiger partial charge in [0.15, 0.2) is 0 Å². The van der Waals surface area contributed by atoms with E-state index in [1.165, 1.54) is 11.6 Å². The highest BCUT2D eigenvalue weighted by atomic mass is 127. The second-order valence-corrected chi connectivity index (χ2v) is 4.66. The van der Waals surface area contributed by atoms with E-state index in [1.807, 2.05) is 39.2 Å². The summed E-state index contributed by atoms with van der Waals surface area (Å²) in [5.41, 5.74) is 1.22. The Hall–Kier alpha value is -0.880. The monoisotopic (exact) mass is 361 g/mol. The number of ether oxygens (including phenoxy) is 1. The molecule has 1 aromatic carbocycles. The number of hydrogen-bond acceptors (Lipinski definition) is 2. The minimum atomic E-state index is -0.378. The first-order valence-electron chi connectivity index (χ1n) is 5.65. The molecule has 3 nitrogen and oxygen atoms in total. The molecule has 0 amide bonds. The molecule has 0 N–H and O–H groups in total. The first-order valence-corrected chi connectivity index (χ1v) is 5.65. The van der Waals surface area contributed by atoms with Crippen LogP contribution in [0.4, 0.5) is 0 Å². The molecule has 0 fully saturated rings. The molecule has 0 saturated carbocycles. The molecular formula is C14H20INO2. The van der Waals surface area contributed by atoms with Crippen LogP contribution in [0, 0.1) is 0 Å². The summed E-state index contributed by atoms with van der Waals surface area (Å²) in [6.45, 7) is 6.10. The van der Waals surface area contributed by atoms with Crippen LogP contribution in [0.5, 0.6) is 0 Å². The number of hydrogen-bond donors (Lipinski definition) is 0. The Morgan fingerprint density at radius 3 is 2.44 bits per heavy atom. The highest BCUT2D eigenvalue weighted by Gasteiger charge is 2.26. The summed E-state index contributed by atoms with van der Waals surface area (Å²) in [7, 11) is 4.07. The molecule has 1 rings (SSSR count). The highest BCUT2D eigenvalue weighted by molar-refractivity contribution is 5.81. The molecule has 0 aliphatic carbocycles.